The van der Waals surface area contributed by atoms with Crippen LogP contribution in [-0.2, 0) is 6.54 Å². The van der Waals surface area contributed by atoms with E-state index >= 15 is 0 Å². The summed E-state index contributed by atoms with van der Waals surface area (Å²) in [5.74, 6) is 0.824. The van der Waals surface area contributed by atoms with Gasteiger partial charge >= 0.3 is 0 Å². The molecule has 14 heavy (non-hydrogen) atoms. The normalized spacial score (nSPS) is 10.7. The van der Waals surface area contributed by atoms with Crippen molar-refractivity contribution in [2.45, 2.75) is 13.5 Å². The zero-order valence-corrected chi connectivity index (χ0v) is 8.89. The number of aryl methyl sites for hydroxylation is 1. The highest BCUT2D eigenvalue weighted by Gasteiger charge is 2.11. The van der Waals surface area contributed by atoms with Gasteiger partial charge in [0.2, 0.25) is 0 Å². The van der Waals surface area contributed by atoms with Crippen molar-refractivity contribution in [2.24, 2.45) is 0 Å². The summed E-state index contributed by atoms with van der Waals surface area (Å²) in [4.78, 5) is 0. The minimum absolute atomic E-state index is 0.747. The van der Waals surface area contributed by atoms with Crippen molar-refractivity contribution < 1.29 is 4.42 Å². The molecule has 0 aliphatic rings. The molecule has 0 unspecified atom stereocenters. The topological polar surface area (TPSA) is 51.0 Å². The van der Waals surface area contributed by atoms with Crippen LogP contribution < -0.4 is 5.32 Å². The molecule has 0 saturated heterocycles. The van der Waals surface area contributed by atoms with E-state index in [1.807, 2.05) is 20.0 Å². The minimum atomic E-state index is 0.747. The lowest BCUT2D eigenvalue weighted by Crippen LogP contribution is -2.04. The van der Waals surface area contributed by atoms with E-state index in [-0.39, 0.29) is 0 Å². The molecule has 5 heteroatoms. The summed E-state index contributed by atoms with van der Waals surface area (Å²) in [6.07, 6.45) is 1.67. The Morgan fingerprint density at radius 1 is 1.50 bits per heavy atom. The molecule has 74 valence electrons. The summed E-state index contributed by atoms with van der Waals surface area (Å²) >= 11 is 1.55. The van der Waals surface area contributed by atoms with Crippen LogP contribution in [-0.4, -0.2) is 17.2 Å². The third-order valence-corrected chi connectivity index (χ3v) is 2.77. The lowest BCUT2D eigenvalue weighted by atomic mass is 10.3. The maximum atomic E-state index is 5.33. The minimum Gasteiger partial charge on any atom is -0.461 e. The zero-order chi connectivity index (χ0) is 9.97. The molecule has 2 rings (SSSR count). The van der Waals surface area contributed by atoms with Crippen LogP contribution in [0.5, 0.6) is 0 Å². The second-order valence-electron chi connectivity index (χ2n) is 2.96. The van der Waals surface area contributed by atoms with Crippen LogP contribution in [0, 0.1) is 6.92 Å². The third-order valence-electron chi connectivity index (χ3n) is 1.85. The second-order valence-corrected chi connectivity index (χ2v) is 4.03. The fraction of sp³-hybridized carbons (Fsp3) is 0.333. The van der Waals surface area contributed by atoms with Crippen molar-refractivity contribution in [3.63, 3.8) is 0 Å². The molecule has 2 heterocycles. The van der Waals surface area contributed by atoms with E-state index in [4.69, 9.17) is 4.42 Å². The molecular formula is C9H11N3OS. The maximum Gasteiger partial charge on any atom is 0.183 e. The summed E-state index contributed by atoms with van der Waals surface area (Å²) in [5, 5.41) is 13.0. The third kappa shape index (κ3) is 1.69. The first-order chi connectivity index (χ1) is 6.81. The number of nitrogens with zero attached hydrogens (tertiary/aromatic N) is 2. The molecule has 4 nitrogen and oxygen atoms in total. The molecular weight excluding hydrogens is 198 g/mol. The first-order valence-electron chi connectivity index (χ1n) is 4.32. The molecule has 0 aliphatic heterocycles. The van der Waals surface area contributed by atoms with Crippen LogP contribution >= 0.6 is 11.3 Å². The number of nitrogens with one attached hydrogen (secondary N) is 1. The Balaban J connectivity index is 2.29. The van der Waals surface area contributed by atoms with Crippen LogP contribution in [0.1, 0.15) is 10.6 Å². The number of hydrogen-bond acceptors (Lipinski definition) is 5. The van der Waals surface area contributed by atoms with Crippen molar-refractivity contribution in [1.29, 1.82) is 0 Å². The zero-order valence-electron chi connectivity index (χ0n) is 8.07. The molecule has 0 fully saturated rings. The van der Waals surface area contributed by atoms with E-state index in [2.05, 4.69) is 15.5 Å². The quantitative estimate of drug-likeness (QED) is 0.837. The van der Waals surface area contributed by atoms with Crippen LogP contribution in [0.4, 0.5) is 0 Å². The van der Waals surface area contributed by atoms with Crippen LogP contribution in [0.15, 0.2) is 16.7 Å². The van der Waals surface area contributed by atoms with Gasteiger partial charge in [-0.2, -0.15) is 0 Å². The average molecular weight is 209 g/mol. The second kappa shape index (κ2) is 3.89. The monoisotopic (exact) mass is 209 g/mol. The van der Waals surface area contributed by atoms with Crippen molar-refractivity contribution in [3.8, 4) is 10.8 Å². The van der Waals surface area contributed by atoms with Gasteiger partial charge in [-0.25, -0.2) is 0 Å². The molecule has 0 aromatic carbocycles. The van der Waals surface area contributed by atoms with Crippen LogP contribution in [0.25, 0.3) is 10.8 Å². The number of rotatable bonds is 3. The van der Waals surface area contributed by atoms with Crippen molar-refractivity contribution in [3.05, 3.63) is 22.9 Å². The van der Waals surface area contributed by atoms with Gasteiger partial charge in [0.1, 0.15) is 5.01 Å². The van der Waals surface area contributed by atoms with Gasteiger partial charge in [0.25, 0.3) is 0 Å². The van der Waals surface area contributed by atoms with Gasteiger partial charge in [-0.3, -0.25) is 0 Å². The molecule has 0 bridgehead atoms. The SMILES string of the molecule is CNCc1nnc(-c2occc2C)s1. The van der Waals surface area contributed by atoms with E-state index < -0.39 is 0 Å². The van der Waals surface area contributed by atoms with E-state index in [1.54, 1.807) is 17.6 Å². The Morgan fingerprint density at radius 3 is 3.00 bits per heavy atom. The van der Waals surface area contributed by atoms with E-state index in [0.717, 1.165) is 27.9 Å². The molecule has 2 aromatic rings. The number of aromatic nitrogens is 2. The van der Waals surface area contributed by atoms with Gasteiger partial charge in [0.15, 0.2) is 10.8 Å². The van der Waals surface area contributed by atoms with E-state index in [1.165, 1.54) is 0 Å². The number of hydrogen-bond donors (Lipinski definition) is 1. The van der Waals surface area contributed by atoms with Crippen LogP contribution in [0.3, 0.4) is 0 Å². The highest BCUT2D eigenvalue weighted by atomic mass is 32.1. The molecule has 0 atom stereocenters. The average Bonchev–Trinajstić information content (AvgIpc) is 2.74. The van der Waals surface area contributed by atoms with Crippen LogP contribution in [0.2, 0.25) is 0 Å². The predicted octanol–water partition coefficient (Wildman–Crippen LogP) is 1.83. The lowest BCUT2D eigenvalue weighted by molar-refractivity contribution is 0.579. The Bertz CT molecular complexity index is 421. The summed E-state index contributed by atoms with van der Waals surface area (Å²) in [6, 6.07) is 1.93. The Hall–Kier alpha value is -1.20. The van der Waals surface area contributed by atoms with Gasteiger partial charge in [-0.05, 0) is 25.6 Å². The van der Waals surface area contributed by atoms with Gasteiger partial charge in [-0.15, -0.1) is 10.2 Å². The highest BCUT2D eigenvalue weighted by Crippen LogP contribution is 2.26. The maximum absolute atomic E-state index is 5.33. The smallest absolute Gasteiger partial charge is 0.183 e. The molecule has 0 spiro atoms. The predicted molar refractivity (Wildman–Crippen MR) is 55.1 cm³/mol. The summed E-state index contributed by atoms with van der Waals surface area (Å²) in [6.45, 7) is 2.75. The summed E-state index contributed by atoms with van der Waals surface area (Å²) < 4.78 is 5.33. The fourth-order valence-electron chi connectivity index (χ4n) is 1.16. The summed E-state index contributed by atoms with van der Waals surface area (Å²) in [5.41, 5.74) is 1.09. The van der Waals surface area contributed by atoms with Gasteiger partial charge in [0, 0.05) is 6.54 Å². The highest BCUT2D eigenvalue weighted by molar-refractivity contribution is 7.14. The Morgan fingerprint density at radius 2 is 2.36 bits per heavy atom. The Labute approximate surface area is 86.0 Å². The molecule has 0 radical (unpaired) electrons. The van der Waals surface area contributed by atoms with Crippen molar-refractivity contribution in [2.75, 3.05) is 7.05 Å². The Kier molecular flexibility index (Phi) is 2.60. The molecule has 0 aliphatic carbocycles. The largest absolute Gasteiger partial charge is 0.461 e. The number of furan rings is 1. The first kappa shape index (κ1) is 9.36. The van der Waals surface area contributed by atoms with Gasteiger partial charge < -0.3 is 9.73 Å². The molecule has 1 N–H and O–H groups in total. The van der Waals surface area contributed by atoms with Gasteiger partial charge in [-0.1, -0.05) is 11.3 Å². The molecule has 0 amide bonds. The van der Waals surface area contributed by atoms with Crippen molar-refractivity contribution >= 4 is 11.3 Å². The summed E-state index contributed by atoms with van der Waals surface area (Å²) in [7, 11) is 1.89. The first-order valence-corrected chi connectivity index (χ1v) is 5.14. The van der Waals surface area contributed by atoms with E-state index in [9.17, 15) is 0 Å². The fourth-order valence-corrected chi connectivity index (χ4v) is 2.06. The molecule has 2 aromatic heterocycles. The van der Waals surface area contributed by atoms with Crippen molar-refractivity contribution in [1.82, 2.24) is 15.5 Å². The molecule has 0 saturated carbocycles. The lowest BCUT2D eigenvalue weighted by Gasteiger charge is -1.90. The van der Waals surface area contributed by atoms with Gasteiger partial charge in [0.05, 0.1) is 6.26 Å². The van der Waals surface area contributed by atoms with E-state index in [0.29, 0.717) is 0 Å². The standard InChI is InChI=1S/C9H11N3OS/c1-6-3-4-13-8(6)9-12-11-7(14-9)5-10-2/h3-4,10H,5H2,1-2H3.